The molecule has 0 spiro atoms. The molecular weight excluding hydrogens is 476 g/mol. The molecule has 3 aromatic rings. The molecule has 0 unspecified atom stereocenters. The minimum absolute atomic E-state index is 0.136. The van der Waals surface area contributed by atoms with Crippen LogP contribution in [0, 0.1) is 13.8 Å². The highest BCUT2D eigenvalue weighted by Crippen LogP contribution is 2.34. The second kappa shape index (κ2) is 13.9. The van der Waals surface area contributed by atoms with Gasteiger partial charge in [-0.15, -0.1) is 11.3 Å². The number of nitrogens with zero attached hydrogens (tertiary/aromatic N) is 3. The van der Waals surface area contributed by atoms with E-state index in [9.17, 15) is 5.11 Å². The molecule has 1 aromatic carbocycles. The number of hydrogen-bond donors (Lipinski definition) is 3. The summed E-state index contributed by atoms with van der Waals surface area (Å²) in [5, 5.41) is 26.5. The Morgan fingerprint density at radius 3 is 2.61 bits per heavy atom. The van der Waals surface area contributed by atoms with Crippen LogP contribution in [0.15, 0.2) is 22.7 Å². The molecular formula is C27H40N4O4S. The van der Waals surface area contributed by atoms with E-state index in [1.54, 1.807) is 11.3 Å². The van der Waals surface area contributed by atoms with Gasteiger partial charge in [-0.1, -0.05) is 25.9 Å². The first-order valence-electron chi connectivity index (χ1n) is 12.8. The van der Waals surface area contributed by atoms with E-state index in [1.807, 2.05) is 19.1 Å². The van der Waals surface area contributed by atoms with Crippen molar-refractivity contribution >= 4 is 11.3 Å². The maximum Gasteiger partial charge on any atom is 0.268 e. The van der Waals surface area contributed by atoms with Crippen LogP contribution >= 0.6 is 11.3 Å². The van der Waals surface area contributed by atoms with Crippen LogP contribution in [-0.4, -0.2) is 70.8 Å². The van der Waals surface area contributed by atoms with E-state index < -0.39 is 6.10 Å². The molecule has 0 aliphatic rings. The summed E-state index contributed by atoms with van der Waals surface area (Å²) >= 11 is 1.71. The van der Waals surface area contributed by atoms with Crippen molar-refractivity contribution in [1.82, 2.24) is 20.4 Å². The zero-order valence-electron chi connectivity index (χ0n) is 22.1. The second-order valence-electron chi connectivity index (χ2n) is 8.98. The fourth-order valence-corrected chi connectivity index (χ4v) is 5.17. The minimum Gasteiger partial charge on any atom is -0.490 e. The highest BCUT2D eigenvalue weighted by molar-refractivity contribution is 7.15. The monoisotopic (exact) mass is 516 g/mol. The van der Waals surface area contributed by atoms with Gasteiger partial charge in [0.2, 0.25) is 5.82 Å². The molecule has 3 rings (SSSR count). The maximum absolute atomic E-state index is 10.2. The van der Waals surface area contributed by atoms with Gasteiger partial charge < -0.3 is 24.8 Å². The molecule has 0 aliphatic heterocycles. The lowest BCUT2D eigenvalue weighted by atomic mass is 10.0. The van der Waals surface area contributed by atoms with Crippen LogP contribution in [-0.2, 0) is 13.0 Å². The van der Waals surface area contributed by atoms with Crippen molar-refractivity contribution in [2.75, 3.05) is 39.4 Å². The molecule has 9 heteroatoms. The van der Waals surface area contributed by atoms with Crippen LogP contribution in [0.2, 0.25) is 0 Å². The fraction of sp³-hybridized carbons (Fsp3) is 0.556. The Hall–Kier alpha value is -2.30. The normalized spacial score (nSPS) is 12.4. The quantitative estimate of drug-likeness (QED) is 0.258. The molecule has 2 heterocycles. The Bertz CT molecular complexity index is 1090. The topological polar surface area (TPSA) is 104 Å². The van der Waals surface area contributed by atoms with Crippen molar-refractivity contribution in [2.24, 2.45) is 0 Å². The summed E-state index contributed by atoms with van der Waals surface area (Å²) in [4.78, 5) is 9.41. The minimum atomic E-state index is -0.631. The summed E-state index contributed by atoms with van der Waals surface area (Å²) in [6, 6.07) is 6.17. The largest absolute Gasteiger partial charge is 0.490 e. The Morgan fingerprint density at radius 2 is 1.92 bits per heavy atom. The molecule has 0 saturated heterocycles. The Labute approximate surface area is 218 Å². The number of thiophene rings is 1. The summed E-state index contributed by atoms with van der Waals surface area (Å²) in [7, 11) is 0. The number of nitrogens with one attached hydrogen (secondary N) is 1. The van der Waals surface area contributed by atoms with Gasteiger partial charge in [0, 0.05) is 30.1 Å². The second-order valence-corrected chi connectivity index (χ2v) is 10.1. The first-order valence-corrected chi connectivity index (χ1v) is 13.6. The molecule has 0 amide bonds. The molecule has 0 aliphatic carbocycles. The van der Waals surface area contributed by atoms with Crippen LogP contribution in [0.5, 0.6) is 5.75 Å². The zero-order valence-corrected chi connectivity index (χ0v) is 23.0. The summed E-state index contributed by atoms with van der Waals surface area (Å²) in [6.45, 7) is 14.9. The number of aryl methyl sites for hydroxylation is 3. The molecule has 3 N–H and O–H groups in total. The summed E-state index contributed by atoms with van der Waals surface area (Å²) in [6.07, 6.45) is 0.807. The number of hydrogen-bond acceptors (Lipinski definition) is 9. The predicted octanol–water partition coefficient (Wildman–Crippen LogP) is 4.20. The Morgan fingerprint density at radius 1 is 1.14 bits per heavy atom. The molecule has 0 fully saturated rings. The van der Waals surface area contributed by atoms with Crippen LogP contribution < -0.4 is 10.1 Å². The number of benzene rings is 1. The summed E-state index contributed by atoms with van der Waals surface area (Å²) in [5.74, 6) is 1.88. The number of rotatable bonds is 15. The number of aromatic nitrogens is 2. The lowest BCUT2D eigenvalue weighted by molar-refractivity contribution is 0.105. The number of ether oxygens (including phenoxy) is 1. The van der Waals surface area contributed by atoms with Gasteiger partial charge >= 0.3 is 0 Å². The molecule has 0 radical (unpaired) electrons. The highest BCUT2D eigenvalue weighted by Gasteiger charge is 2.18. The SMILES string of the molecule is CCc1cc(-c2noc(-c3cc(C)c(CN(CC)CC)s3)n2)cc(C)c1OC[C@@H](O)CNCCCO. The van der Waals surface area contributed by atoms with E-state index in [0.717, 1.165) is 53.4 Å². The Balaban J connectivity index is 1.72. The summed E-state index contributed by atoms with van der Waals surface area (Å²) < 4.78 is 11.7. The summed E-state index contributed by atoms with van der Waals surface area (Å²) in [5.41, 5.74) is 4.13. The van der Waals surface area contributed by atoms with E-state index >= 15 is 0 Å². The van der Waals surface area contributed by atoms with Crippen molar-refractivity contribution in [1.29, 1.82) is 0 Å². The first-order chi connectivity index (χ1) is 17.4. The van der Waals surface area contributed by atoms with Crippen molar-refractivity contribution in [3.8, 4) is 27.9 Å². The van der Waals surface area contributed by atoms with Crippen LogP contribution in [0.4, 0.5) is 0 Å². The molecule has 198 valence electrons. The van der Waals surface area contributed by atoms with E-state index in [4.69, 9.17) is 19.4 Å². The third kappa shape index (κ3) is 7.36. The first kappa shape index (κ1) is 28.3. The maximum atomic E-state index is 10.2. The van der Waals surface area contributed by atoms with Gasteiger partial charge in [0.05, 0.1) is 4.88 Å². The number of aliphatic hydroxyl groups is 2. The third-order valence-corrected chi connectivity index (χ3v) is 7.43. The van der Waals surface area contributed by atoms with E-state index in [2.05, 4.69) is 49.1 Å². The van der Waals surface area contributed by atoms with Crippen molar-refractivity contribution < 1.29 is 19.5 Å². The molecule has 0 bridgehead atoms. The standard InChI is InChI=1S/C27H40N4O4S/c1-6-20-14-21(12-19(5)25(20)34-17-22(33)15-28-10-9-11-32)26-29-27(35-30-26)23-13-18(4)24(36-23)16-31(7-2)8-3/h12-14,22,28,32-33H,6-11,15-17H2,1-5H3/t22-/m0/s1. The van der Waals surface area contributed by atoms with E-state index in [1.165, 1.54) is 10.4 Å². The zero-order chi connectivity index (χ0) is 26.1. The smallest absolute Gasteiger partial charge is 0.268 e. The van der Waals surface area contributed by atoms with Crippen molar-refractivity contribution in [3.63, 3.8) is 0 Å². The van der Waals surface area contributed by atoms with Crippen LogP contribution in [0.1, 0.15) is 48.8 Å². The van der Waals surface area contributed by atoms with E-state index in [0.29, 0.717) is 31.2 Å². The fourth-order valence-electron chi connectivity index (χ4n) is 4.03. The molecule has 1 atom stereocenters. The predicted molar refractivity (Wildman–Crippen MR) is 145 cm³/mol. The van der Waals surface area contributed by atoms with E-state index in [-0.39, 0.29) is 13.2 Å². The molecule has 2 aromatic heterocycles. The highest BCUT2D eigenvalue weighted by atomic mass is 32.1. The lowest BCUT2D eigenvalue weighted by Gasteiger charge is -2.17. The van der Waals surface area contributed by atoms with Crippen LogP contribution in [0.3, 0.4) is 0 Å². The van der Waals surface area contributed by atoms with Gasteiger partial charge in [0.25, 0.3) is 5.89 Å². The third-order valence-electron chi connectivity index (χ3n) is 6.22. The van der Waals surface area contributed by atoms with Crippen molar-refractivity contribution in [2.45, 2.75) is 60.1 Å². The lowest BCUT2D eigenvalue weighted by Crippen LogP contribution is -2.32. The van der Waals surface area contributed by atoms with Gasteiger partial charge in [-0.25, -0.2) is 0 Å². The average molecular weight is 517 g/mol. The Kier molecular flexibility index (Phi) is 10.9. The molecule has 0 saturated carbocycles. The van der Waals surface area contributed by atoms with Gasteiger partial charge in [-0.2, -0.15) is 4.98 Å². The van der Waals surface area contributed by atoms with Gasteiger partial charge in [-0.3, -0.25) is 4.90 Å². The van der Waals surface area contributed by atoms with Crippen molar-refractivity contribution in [3.05, 3.63) is 39.8 Å². The van der Waals surface area contributed by atoms with Gasteiger partial charge in [-0.05, 0) is 81.2 Å². The molecule has 36 heavy (non-hydrogen) atoms. The van der Waals surface area contributed by atoms with Gasteiger partial charge in [0.15, 0.2) is 0 Å². The average Bonchev–Trinajstić information content (AvgIpc) is 3.51. The van der Waals surface area contributed by atoms with Crippen LogP contribution in [0.25, 0.3) is 22.2 Å². The number of aliphatic hydroxyl groups excluding tert-OH is 2. The van der Waals surface area contributed by atoms with Gasteiger partial charge in [0.1, 0.15) is 18.5 Å². The molecule has 8 nitrogen and oxygen atoms in total.